The van der Waals surface area contributed by atoms with E-state index in [1.165, 1.54) is 54.8 Å². The van der Waals surface area contributed by atoms with Gasteiger partial charge in [0.25, 0.3) is 0 Å². The lowest BCUT2D eigenvalue weighted by atomic mass is 9.96. The lowest BCUT2D eigenvalue weighted by molar-refractivity contribution is 0.670. The van der Waals surface area contributed by atoms with Gasteiger partial charge in [0.1, 0.15) is 11.2 Å². The average molecular weight is 781 g/mol. The van der Waals surface area contributed by atoms with E-state index in [0.29, 0.717) is 0 Å². The first-order valence-corrected chi connectivity index (χ1v) is 21.1. The van der Waals surface area contributed by atoms with Gasteiger partial charge in [-0.25, -0.2) is 0 Å². The van der Waals surface area contributed by atoms with Crippen LogP contribution < -0.4 is 4.90 Å². The van der Waals surface area contributed by atoms with Crippen LogP contribution in [0.25, 0.3) is 88.0 Å². The summed E-state index contributed by atoms with van der Waals surface area (Å²) in [7, 11) is 0. The fraction of sp³-hybridized carbons (Fsp3) is 0.0345. The molecule has 2 aromatic heterocycles. The largest absolute Gasteiger partial charge is 0.455 e. The van der Waals surface area contributed by atoms with Crippen molar-refractivity contribution < 1.29 is 4.42 Å². The van der Waals surface area contributed by atoms with E-state index in [2.05, 4.69) is 228 Å². The molecule has 0 spiro atoms. The molecule has 0 unspecified atom stereocenters. The van der Waals surface area contributed by atoms with Crippen LogP contribution in [0.3, 0.4) is 0 Å². The third kappa shape index (κ3) is 5.97. The molecule has 1 aliphatic rings. The maximum Gasteiger partial charge on any atom is 0.143 e. The van der Waals surface area contributed by atoms with E-state index in [1.807, 2.05) is 0 Å². The van der Waals surface area contributed by atoms with E-state index in [9.17, 15) is 0 Å². The quantitative estimate of drug-likeness (QED) is 0.161. The molecule has 2 heterocycles. The van der Waals surface area contributed by atoms with Crippen LogP contribution in [0, 0.1) is 0 Å². The molecule has 0 N–H and O–H groups in total. The molecule has 0 atom stereocenters. The summed E-state index contributed by atoms with van der Waals surface area (Å²) >= 11 is 0. The van der Waals surface area contributed by atoms with Gasteiger partial charge >= 0.3 is 0 Å². The molecule has 11 aromatic rings. The summed E-state index contributed by atoms with van der Waals surface area (Å²) in [5.41, 5.74) is 15.7. The lowest BCUT2D eigenvalue weighted by Gasteiger charge is -2.27. The van der Waals surface area contributed by atoms with Crippen molar-refractivity contribution in [2.45, 2.75) is 12.8 Å². The van der Waals surface area contributed by atoms with Crippen LogP contribution in [0.1, 0.15) is 18.4 Å². The minimum Gasteiger partial charge on any atom is -0.455 e. The van der Waals surface area contributed by atoms with Crippen molar-refractivity contribution >= 4 is 77.2 Å². The first kappa shape index (κ1) is 35.1. The predicted octanol–water partition coefficient (Wildman–Crippen LogP) is 16.4. The Balaban J connectivity index is 1.04. The molecule has 9 aromatic carbocycles. The number of rotatable bonds is 7. The van der Waals surface area contributed by atoms with Crippen molar-refractivity contribution in [1.29, 1.82) is 0 Å². The van der Waals surface area contributed by atoms with Gasteiger partial charge in [-0.05, 0) is 113 Å². The molecule has 0 amide bonds. The molecule has 288 valence electrons. The average Bonchev–Trinajstić information content (AvgIpc) is 3.88. The van der Waals surface area contributed by atoms with Gasteiger partial charge in [0.15, 0.2) is 0 Å². The van der Waals surface area contributed by atoms with Crippen LogP contribution in [0.15, 0.2) is 223 Å². The SMILES string of the molecule is C1=CCCC(c2ccc3c(c2)c2ccccc2n3-c2cc(-c3ccc(N(c4cccc(-c5ccccc5)c4)c4cccc5ccccc45)cc3)c3oc4ccccc4c3c2)=C1. The minimum absolute atomic E-state index is 0.884. The molecule has 0 saturated heterocycles. The Kier molecular flexibility index (Phi) is 8.31. The van der Waals surface area contributed by atoms with Crippen molar-refractivity contribution in [3.63, 3.8) is 0 Å². The number of benzene rings is 9. The number of anilines is 3. The fourth-order valence-corrected chi connectivity index (χ4v) is 9.53. The third-order valence-electron chi connectivity index (χ3n) is 12.4. The molecule has 61 heavy (non-hydrogen) atoms. The van der Waals surface area contributed by atoms with Crippen molar-refractivity contribution in [2.24, 2.45) is 0 Å². The second kappa shape index (κ2) is 14.4. The van der Waals surface area contributed by atoms with E-state index >= 15 is 0 Å². The summed E-state index contributed by atoms with van der Waals surface area (Å²) < 4.78 is 9.19. The normalized spacial score (nSPS) is 12.8. The number of nitrogens with zero attached hydrogens (tertiary/aromatic N) is 2. The zero-order chi connectivity index (χ0) is 40.3. The number of hydrogen-bond acceptors (Lipinski definition) is 2. The van der Waals surface area contributed by atoms with Crippen LogP contribution in [0.5, 0.6) is 0 Å². The van der Waals surface area contributed by atoms with Crippen molar-refractivity contribution in [3.8, 4) is 27.9 Å². The lowest BCUT2D eigenvalue weighted by Crippen LogP contribution is -2.10. The highest BCUT2D eigenvalue weighted by atomic mass is 16.3. The standard InChI is InChI=1S/C58H40N2O/c1-3-15-39(16-4-1)43-21-13-22-46(35-43)59(54-27-14-20-41-19-7-8-23-48(41)54)45-32-29-42(30-33-45)51-37-47(38-53-50-25-10-12-28-57(50)61-58(51)53)60-55-26-11-9-24-49(55)52-36-44(31-34-56(52)60)40-17-5-2-6-18-40/h1-5,7-17,19-38H,6,18H2. The minimum atomic E-state index is 0.884. The number of hydrogen-bond donors (Lipinski definition) is 0. The van der Waals surface area contributed by atoms with Crippen LogP contribution in [-0.4, -0.2) is 4.57 Å². The Morgan fingerprint density at radius 2 is 1.18 bits per heavy atom. The summed E-state index contributed by atoms with van der Waals surface area (Å²) in [6, 6.07) is 72.5. The first-order chi connectivity index (χ1) is 30.2. The highest BCUT2D eigenvalue weighted by Crippen LogP contribution is 2.44. The summed E-state index contributed by atoms with van der Waals surface area (Å²) in [6.45, 7) is 0. The number of allylic oxidation sites excluding steroid dienone is 4. The molecule has 0 aliphatic heterocycles. The predicted molar refractivity (Wildman–Crippen MR) is 257 cm³/mol. The summed E-state index contributed by atoms with van der Waals surface area (Å²) in [5, 5.41) is 7.12. The molecule has 0 bridgehead atoms. The number of para-hydroxylation sites is 2. The van der Waals surface area contributed by atoms with Crippen molar-refractivity contribution in [2.75, 3.05) is 4.90 Å². The maximum atomic E-state index is 6.76. The summed E-state index contributed by atoms with van der Waals surface area (Å²) in [5.74, 6) is 0. The molecule has 3 nitrogen and oxygen atoms in total. The van der Waals surface area contributed by atoms with E-state index in [-0.39, 0.29) is 0 Å². The van der Waals surface area contributed by atoms with Gasteiger partial charge in [0.05, 0.1) is 16.7 Å². The van der Waals surface area contributed by atoms with Gasteiger partial charge in [-0.15, -0.1) is 0 Å². The highest BCUT2D eigenvalue weighted by Gasteiger charge is 2.21. The Labute approximate surface area is 354 Å². The Hall–Kier alpha value is -7.88. The summed E-state index contributed by atoms with van der Waals surface area (Å²) in [4.78, 5) is 2.39. The van der Waals surface area contributed by atoms with E-state index in [1.54, 1.807) is 0 Å². The number of fused-ring (bicyclic) bond motifs is 7. The molecule has 0 radical (unpaired) electrons. The van der Waals surface area contributed by atoms with Gasteiger partial charge in [-0.3, -0.25) is 0 Å². The van der Waals surface area contributed by atoms with Gasteiger partial charge in [-0.1, -0.05) is 152 Å². The zero-order valence-corrected chi connectivity index (χ0v) is 33.5. The highest BCUT2D eigenvalue weighted by molar-refractivity contribution is 6.13. The van der Waals surface area contributed by atoms with Gasteiger partial charge in [0.2, 0.25) is 0 Å². The maximum absolute atomic E-state index is 6.76. The molecule has 12 rings (SSSR count). The molecule has 0 saturated carbocycles. The molecular formula is C58H40N2O. The first-order valence-electron chi connectivity index (χ1n) is 21.1. The fourth-order valence-electron chi connectivity index (χ4n) is 9.53. The smallest absolute Gasteiger partial charge is 0.143 e. The Morgan fingerprint density at radius 1 is 0.459 bits per heavy atom. The second-order valence-corrected chi connectivity index (χ2v) is 16.0. The summed E-state index contributed by atoms with van der Waals surface area (Å²) in [6.07, 6.45) is 8.85. The van der Waals surface area contributed by atoms with Crippen molar-refractivity contribution in [3.05, 3.63) is 224 Å². The molecule has 0 fully saturated rings. The second-order valence-electron chi connectivity index (χ2n) is 16.0. The van der Waals surface area contributed by atoms with Crippen LogP contribution in [-0.2, 0) is 0 Å². The van der Waals surface area contributed by atoms with Gasteiger partial charge in [-0.2, -0.15) is 0 Å². The van der Waals surface area contributed by atoms with Gasteiger partial charge < -0.3 is 13.9 Å². The molecule has 1 aliphatic carbocycles. The van der Waals surface area contributed by atoms with Crippen molar-refractivity contribution in [1.82, 2.24) is 4.57 Å². The van der Waals surface area contributed by atoms with Crippen LogP contribution in [0.4, 0.5) is 17.1 Å². The number of aromatic nitrogens is 1. The molecule has 3 heteroatoms. The van der Waals surface area contributed by atoms with E-state index in [0.717, 1.165) is 68.7 Å². The number of furan rings is 1. The van der Waals surface area contributed by atoms with Gasteiger partial charge in [0, 0.05) is 49.6 Å². The van der Waals surface area contributed by atoms with E-state index in [4.69, 9.17) is 4.42 Å². The van der Waals surface area contributed by atoms with Crippen LogP contribution in [0.2, 0.25) is 0 Å². The van der Waals surface area contributed by atoms with E-state index < -0.39 is 0 Å². The molecular weight excluding hydrogens is 741 g/mol. The Bertz CT molecular complexity index is 3520. The zero-order valence-electron chi connectivity index (χ0n) is 33.5. The Morgan fingerprint density at radius 3 is 2.05 bits per heavy atom. The third-order valence-corrected chi connectivity index (χ3v) is 12.4. The monoisotopic (exact) mass is 780 g/mol. The topological polar surface area (TPSA) is 21.3 Å². The van der Waals surface area contributed by atoms with Crippen LogP contribution >= 0.6 is 0 Å².